The zero-order valence-electron chi connectivity index (χ0n) is 15.5. The molecule has 0 aliphatic rings. The molecule has 0 aliphatic heterocycles. The van der Waals surface area contributed by atoms with E-state index in [2.05, 4.69) is 28.6 Å². The normalized spacial score (nSPS) is 12.1. The maximum Gasteiger partial charge on any atom is 0.191 e. The minimum atomic E-state index is -0.169. The van der Waals surface area contributed by atoms with E-state index in [1.54, 1.807) is 26.3 Å². The highest BCUT2D eigenvalue weighted by atomic mass is 127. The fourth-order valence-corrected chi connectivity index (χ4v) is 2.67. The summed E-state index contributed by atoms with van der Waals surface area (Å²) in [5, 5.41) is 6.53. The summed E-state index contributed by atoms with van der Waals surface area (Å²) in [6, 6.07) is 14.8. The van der Waals surface area contributed by atoms with Gasteiger partial charge in [-0.3, -0.25) is 4.99 Å². The molecule has 26 heavy (non-hydrogen) atoms. The number of hydrogen-bond acceptors (Lipinski definition) is 2. The number of methoxy groups -OCH3 is 1. The fourth-order valence-electron chi connectivity index (χ4n) is 2.67. The third-order valence-electron chi connectivity index (χ3n) is 4.11. The molecule has 2 aromatic rings. The smallest absolute Gasteiger partial charge is 0.191 e. The lowest BCUT2D eigenvalue weighted by Crippen LogP contribution is -2.40. The predicted molar refractivity (Wildman–Crippen MR) is 116 cm³/mol. The molecule has 1 unspecified atom stereocenters. The quantitative estimate of drug-likeness (QED) is 0.365. The Morgan fingerprint density at radius 2 is 1.81 bits per heavy atom. The van der Waals surface area contributed by atoms with Gasteiger partial charge >= 0.3 is 0 Å². The number of halogens is 2. The number of nitrogens with zero attached hydrogens (tertiary/aromatic N) is 1. The van der Waals surface area contributed by atoms with Crippen LogP contribution in [0.15, 0.2) is 53.5 Å². The number of aliphatic imine (C=N–C) groups is 1. The van der Waals surface area contributed by atoms with Crippen LogP contribution in [0.4, 0.5) is 4.39 Å². The van der Waals surface area contributed by atoms with Crippen LogP contribution in [0, 0.1) is 5.82 Å². The Morgan fingerprint density at radius 3 is 2.50 bits per heavy atom. The van der Waals surface area contributed by atoms with E-state index < -0.39 is 0 Å². The van der Waals surface area contributed by atoms with Crippen molar-refractivity contribution >= 4 is 29.9 Å². The standard InChI is InChI=1S/C20H26FN3O.HI/c1-15(17-9-5-7-11-19(17)25-3)14-24-20(22-2)23-13-12-16-8-4-6-10-18(16)21;/h4-11,15H,12-14H2,1-3H3,(H2,22,23,24);1H. The number of hydrogen-bond donors (Lipinski definition) is 2. The van der Waals surface area contributed by atoms with E-state index in [-0.39, 0.29) is 35.7 Å². The van der Waals surface area contributed by atoms with E-state index in [1.165, 1.54) is 6.07 Å². The molecule has 0 saturated heterocycles. The van der Waals surface area contributed by atoms with Crippen molar-refractivity contribution < 1.29 is 9.13 Å². The van der Waals surface area contributed by atoms with Crippen LogP contribution < -0.4 is 15.4 Å². The minimum absolute atomic E-state index is 0. The van der Waals surface area contributed by atoms with Crippen LogP contribution in [0.5, 0.6) is 5.75 Å². The largest absolute Gasteiger partial charge is 0.496 e. The third kappa shape index (κ3) is 6.48. The first-order chi connectivity index (χ1) is 12.2. The first-order valence-electron chi connectivity index (χ1n) is 8.46. The number of benzene rings is 2. The van der Waals surface area contributed by atoms with Gasteiger partial charge in [0.25, 0.3) is 0 Å². The summed E-state index contributed by atoms with van der Waals surface area (Å²) in [5.41, 5.74) is 1.85. The molecule has 142 valence electrons. The number of ether oxygens (including phenoxy) is 1. The Morgan fingerprint density at radius 1 is 1.12 bits per heavy atom. The predicted octanol–water partition coefficient (Wildman–Crippen LogP) is 3.96. The van der Waals surface area contributed by atoms with Gasteiger partial charge in [0.05, 0.1) is 7.11 Å². The van der Waals surface area contributed by atoms with Gasteiger partial charge in [-0.2, -0.15) is 0 Å². The van der Waals surface area contributed by atoms with Crippen molar-refractivity contribution in [1.29, 1.82) is 0 Å². The van der Waals surface area contributed by atoms with E-state index >= 15 is 0 Å². The van der Waals surface area contributed by atoms with E-state index in [0.29, 0.717) is 24.5 Å². The summed E-state index contributed by atoms with van der Waals surface area (Å²) in [7, 11) is 3.41. The molecule has 0 bridgehead atoms. The highest BCUT2D eigenvalue weighted by molar-refractivity contribution is 14.0. The van der Waals surface area contributed by atoms with E-state index in [0.717, 1.165) is 17.9 Å². The second kappa shape index (κ2) is 11.7. The lowest BCUT2D eigenvalue weighted by molar-refractivity contribution is 0.406. The average molecular weight is 471 g/mol. The molecule has 0 amide bonds. The SMILES string of the molecule is CN=C(NCCc1ccccc1F)NCC(C)c1ccccc1OC.I. The van der Waals surface area contributed by atoms with E-state index in [4.69, 9.17) is 4.74 Å². The van der Waals surface area contributed by atoms with Crippen molar-refractivity contribution in [3.63, 3.8) is 0 Å². The lowest BCUT2D eigenvalue weighted by Gasteiger charge is -2.18. The first kappa shape index (κ1) is 22.2. The van der Waals surface area contributed by atoms with E-state index in [1.807, 2.05) is 24.3 Å². The third-order valence-corrected chi connectivity index (χ3v) is 4.11. The van der Waals surface area contributed by atoms with Crippen LogP contribution in [0.25, 0.3) is 0 Å². The topological polar surface area (TPSA) is 45.7 Å². The maximum absolute atomic E-state index is 13.6. The van der Waals surface area contributed by atoms with Crippen molar-refractivity contribution in [3.05, 3.63) is 65.5 Å². The molecule has 2 N–H and O–H groups in total. The summed E-state index contributed by atoms with van der Waals surface area (Å²) in [4.78, 5) is 4.22. The van der Waals surface area contributed by atoms with E-state index in [9.17, 15) is 4.39 Å². The summed E-state index contributed by atoms with van der Waals surface area (Å²) >= 11 is 0. The van der Waals surface area contributed by atoms with Crippen LogP contribution in [0.3, 0.4) is 0 Å². The Labute approximate surface area is 172 Å². The van der Waals surface area contributed by atoms with Gasteiger partial charge in [-0.05, 0) is 29.7 Å². The first-order valence-corrected chi connectivity index (χ1v) is 8.46. The molecule has 4 nitrogen and oxygen atoms in total. The molecule has 6 heteroatoms. The van der Waals surface area contributed by atoms with Crippen LogP contribution in [-0.4, -0.2) is 33.2 Å². The lowest BCUT2D eigenvalue weighted by atomic mass is 10.0. The van der Waals surface area contributed by atoms with Gasteiger partial charge in [0.2, 0.25) is 0 Å². The number of guanidine groups is 1. The summed E-state index contributed by atoms with van der Waals surface area (Å²) < 4.78 is 19.0. The van der Waals surface area contributed by atoms with Crippen LogP contribution in [0.1, 0.15) is 24.0 Å². The second-order valence-electron chi connectivity index (χ2n) is 5.86. The van der Waals surface area contributed by atoms with Crippen LogP contribution in [0.2, 0.25) is 0 Å². The van der Waals surface area contributed by atoms with Gasteiger partial charge in [-0.1, -0.05) is 43.3 Å². The Bertz CT molecular complexity index is 709. The molecular weight excluding hydrogens is 444 g/mol. The maximum atomic E-state index is 13.6. The second-order valence-corrected chi connectivity index (χ2v) is 5.86. The van der Waals surface area contributed by atoms with Gasteiger partial charge in [-0.15, -0.1) is 24.0 Å². The molecule has 0 aromatic heterocycles. The van der Waals surface area contributed by atoms with Gasteiger partial charge < -0.3 is 15.4 Å². The van der Waals surface area contributed by atoms with Crippen molar-refractivity contribution in [2.75, 3.05) is 27.2 Å². The minimum Gasteiger partial charge on any atom is -0.496 e. The Kier molecular flexibility index (Phi) is 10.0. The molecule has 2 rings (SSSR count). The average Bonchev–Trinajstić information content (AvgIpc) is 2.65. The van der Waals surface area contributed by atoms with Crippen molar-refractivity contribution in [1.82, 2.24) is 10.6 Å². The monoisotopic (exact) mass is 471 g/mol. The molecule has 0 aliphatic carbocycles. The number of nitrogens with one attached hydrogen (secondary N) is 2. The summed E-state index contributed by atoms with van der Waals surface area (Å²) in [6.45, 7) is 3.47. The van der Waals surface area contributed by atoms with Crippen molar-refractivity contribution in [2.24, 2.45) is 4.99 Å². The van der Waals surface area contributed by atoms with Crippen LogP contribution >= 0.6 is 24.0 Å². The molecule has 0 radical (unpaired) electrons. The molecule has 1 atom stereocenters. The summed E-state index contributed by atoms with van der Waals surface area (Å²) in [6.07, 6.45) is 0.607. The molecule has 0 heterocycles. The summed E-state index contributed by atoms with van der Waals surface area (Å²) in [5.74, 6) is 1.69. The Balaban J connectivity index is 0.00000338. The highest BCUT2D eigenvalue weighted by Crippen LogP contribution is 2.25. The van der Waals surface area contributed by atoms with Crippen LogP contribution in [-0.2, 0) is 6.42 Å². The highest BCUT2D eigenvalue weighted by Gasteiger charge is 2.11. The van der Waals surface area contributed by atoms with Gasteiger partial charge in [0.15, 0.2) is 5.96 Å². The fraction of sp³-hybridized carbons (Fsp3) is 0.350. The Hall–Kier alpha value is -1.83. The van der Waals surface area contributed by atoms with Crippen molar-refractivity contribution in [2.45, 2.75) is 19.3 Å². The molecule has 0 saturated carbocycles. The van der Waals surface area contributed by atoms with Gasteiger partial charge in [0, 0.05) is 26.1 Å². The molecular formula is C20H27FIN3O. The zero-order valence-corrected chi connectivity index (χ0v) is 17.8. The van der Waals surface area contributed by atoms with Gasteiger partial charge in [0.1, 0.15) is 11.6 Å². The van der Waals surface area contributed by atoms with Crippen molar-refractivity contribution in [3.8, 4) is 5.75 Å². The number of para-hydroxylation sites is 1. The molecule has 0 fully saturated rings. The zero-order chi connectivity index (χ0) is 18.1. The molecule has 0 spiro atoms. The number of rotatable bonds is 7. The van der Waals surface area contributed by atoms with Gasteiger partial charge in [-0.25, -0.2) is 4.39 Å². The molecule has 2 aromatic carbocycles.